The van der Waals surface area contributed by atoms with E-state index >= 15 is 0 Å². The van der Waals surface area contributed by atoms with Crippen LogP contribution < -0.4 is 10.9 Å². The zero-order valence-electron chi connectivity index (χ0n) is 22.6. The summed E-state index contributed by atoms with van der Waals surface area (Å²) in [6, 6.07) is 16.4. The van der Waals surface area contributed by atoms with Crippen LogP contribution in [0.1, 0.15) is 18.5 Å². The molecule has 4 heterocycles. The highest BCUT2D eigenvalue weighted by molar-refractivity contribution is 6.07. The molecule has 4 aromatic heterocycles. The van der Waals surface area contributed by atoms with E-state index in [2.05, 4.69) is 25.6 Å². The van der Waals surface area contributed by atoms with E-state index in [1.54, 1.807) is 15.3 Å². The molecule has 2 N–H and O–H groups in total. The Labute approximate surface area is 233 Å². The second-order valence-electron chi connectivity index (χ2n) is 9.80. The predicted molar refractivity (Wildman–Crippen MR) is 152 cm³/mol. The molecule has 1 amide bonds. The number of imidazole rings is 1. The van der Waals surface area contributed by atoms with E-state index in [-0.39, 0.29) is 30.9 Å². The van der Waals surface area contributed by atoms with Gasteiger partial charge in [-0.15, -0.1) is 5.10 Å². The van der Waals surface area contributed by atoms with Crippen molar-refractivity contribution >= 4 is 39.5 Å². The van der Waals surface area contributed by atoms with Crippen LogP contribution in [0.2, 0.25) is 0 Å². The molecule has 6 aromatic rings. The zero-order valence-corrected chi connectivity index (χ0v) is 22.6. The Kier molecular flexibility index (Phi) is 6.79. The number of amides is 1. The fourth-order valence-corrected chi connectivity index (χ4v) is 5.34. The number of rotatable bonds is 9. The van der Waals surface area contributed by atoms with Gasteiger partial charge in [0.05, 0.1) is 24.3 Å². The maximum atomic E-state index is 14.1. The average Bonchev–Trinajstić information content (AvgIpc) is 3.73. The molecular weight excluding hydrogens is 524 g/mol. The Hall–Kier alpha value is -5.26. The lowest BCUT2D eigenvalue weighted by molar-refractivity contribution is -0.145. The molecule has 0 aliphatic carbocycles. The van der Waals surface area contributed by atoms with Gasteiger partial charge in [-0.1, -0.05) is 53.7 Å². The summed E-state index contributed by atoms with van der Waals surface area (Å²) in [4.78, 5) is 46.2. The quantitative estimate of drug-likeness (QED) is 0.263. The van der Waals surface area contributed by atoms with Crippen LogP contribution >= 0.6 is 0 Å². The molecule has 0 bridgehead atoms. The highest BCUT2D eigenvalue weighted by Gasteiger charge is 2.24. The van der Waals surface area contributed by atoms with Crippen molar-refractivity contribution in [3.63, 3.8) is 0 Å². The van der Waals surface area contributed by atoms with Crippen molar-refractivity contribution in [2.75, 3.05) is 7.11 Å². The van der Waals surface area contributed by atoms with Crippen LogP contribution in [-0.2, 0) is 34.3 Å². The summed E-state index contributed by atoms with van der Waals surface area (Å²) >= 11 is 0. The summed E-state index contributed by atoms with van der Waals surface area (Å²) in [5.74, 6) is -0.879. The number of para-hydroxylation sites is 1. The summed E-state index contributed by atoms with van der Waals surface area (Å²) in [6.45, 7) is 0.242. The largest absolute Gasteiger partial charge is 0.467 e. The molecule has 0 aliphatic rings. The third-order valence-corrected chi connectivity index (χ3v) is 7.27. The van der Waals surface area contributed by atoms with Gasteiger partial charge in [0, 0.05) is 49.3 Å². The number of carbonyl (C=O) groups excluding carboxylic acids is 2. The van der Waals surface area contributed by atoms with Crippen LogP contribution in [0, 0.1) is 0 Å². The number of aromatic nitrogens is 7. The number of nitrogens with zero attached hydrogens (tertiary/aromatic N) is 6. The lowest BCUT2D eigenvalue weighted by Crippen LogP contribution is -2.43. The number of hydrogen-bond donors (Lipinski definition) is 2. The van der Waals surface area contributed by atoms with Crippen molar-refractivity contribution in [1.29, 1.82) is 0 Å². The molecule has 12 nitrogen and oxygen atoms in total. The summed E-state index contributed by atoms with van der Waals surface area (Å²) in [5, 5.41) is 13.1. The fraction of sp³-hybridized carbons (Fsp3) is 0.241. The van der Waals surface area contributed by atoms with Crippen LogP contribution in [-0.4, -0.2) is 59.0 Å². The molecule has 208 valence electrons. The molecule has 0 fully saturated rings. The van der Waals surface area contributed by atoms with Crippen LogP contribution in [0.15, 0.2) is 71.9 Å². The number of hydrogen-bond acceptors (Lipinski definition) is 7. The first kappa shape index (κ1) is 26.0. The number of carbonyl (C=O) groups is 2. The van der Waals surface area contributed by atoms with E-state index in [1.165, 1.54) is 13.4 Å². The molecule has 2 aromatic carbocycles. The summed E-state index contributed by atoms with van der Waals surface area (Å²) in [6.07, 6.45) is 3.75. The second-order valence-corrected chi connectivity index (χ2v) is 9.80. The zero-order chi connectivity index (χ0) is 28.5. The normalized spacial score (nSPS) is 12.2. The average molecular weight is 553 g/mol. The van der Waals surface area contributed by atoms with Crippen molar-refractivity contribution in [1.82, 2.24) is 39.2 Å². The number of esters is 1. The Morgan fingerprint density at radius 3 is 2.61 bits per heavy atom. The molecule has 12 heteroatoms. The van der Waals surface area contributed by atoms with Crippen molar-refractivity contribution in [2.24, 2.45) is 7.05 Å². The summed E-state index contributed by atoms with van der Waals surface area (Å²) in [7, 11) is 3.18. The van der Waals surface area contributed by atoms with Gasteiger partial charge in [-0.2, -0.15) is 4.52 Å². The molecule has 1 unspecified atom stereocenters. The maximum Gasteiger partial charge on any atom is 0.328 e. The third kappa shape index (κ3) is 4.62. The minimum Gasteiger partial charge on any atom is -0.467 e. The molecular formula is C29H28N8O4. The standard InChI is InChI=1S/C29H28N8O4/c1-35-22-12-7-6-11-20(22)24-26(35)37-27(25(33-34-37)18-9-4-3-5-10-18)36(28(24)39)14-8-13-23(38)32-21(29(40)41-2)15-19-16-30-17-31-19/h3-7,9-12,16-17,21H,8,13-15H2,1-2H3,(H,30,31)(H,32,38). The van der Waals surface area contributed by atoms with E-state index in [9.17, 15) is 14.4 Å². The smallest absolute Gasteiger partial charge is 0.328 e. The number of benzene rings is 2. The Balaban J connectivity index is 1.35. The summed E-state index contributed by atoms with van der Waals surface area (Å²) < 4.78 is 10.2. The number of nitrogens with one attached hydrogen (secondary N) is 2. The molecule has 0 saturated carbocycles. The van der Waals surface area contributed by atoms with Gasteiger partial charge in [-0.25, -0.2) is 9.78 Å². The van der Waals surface area contributed by atoms with Crippen LogP contribution in [0.5, 0.6) is 0 Å². The van der Waals surface area contributed by atoms with E-state index in [4.69, 9.17) is 4.74 Å². The number of H-pyrrole nitrogens is 1. The van der Waals surface area contributed by atoms with Crippen molar-refractivity contribution in [2.45, 2.75) is 31.8 Å². The third-order valence-electron chi connectivity index (χ3n) is 7.27. The topological polar surface area (TPSA) is 141 Å². The van der Waals surface area contributed by atoms with Crippen LogP contribution in [0.4, 0.5) is 0 Å². The van der Waals surface area contributed by atoms with E-state index < -0.39 is 12.0 Å². The molecule has 0 spiro atoms. The highest BCUT2D eigenvalue weighted by Crippen LogP contribution is 2.29. The van der Waals surface area contributed by atoms with Gasteiger partial charge in [0.1, 0.15) is 11.7 Å². The molecule has 1 atom stereocenters. The summed E-state index contributed by atoms with van der Waals surface area (Å²) in [5.41, 5.74) is 4.01. The SMILES string of the molecule is COC(=O)C(Cc1cnc[nH]1)NC(=O)CCCn1c(=O)c2c3ccccc3n(C)c2n2nnc(-c3ccccc3)c12. The number of aromatic amines is 1. The Morgan fingerprint density at radius 1 is 1.07 bits per heavy atom. The highest BCUT2D eigenvalue weighted by atomic mass is 16.5. The number of ether oxygens (including phenoxy) is 1. The van der Waals surface area contributed by atoms with E-state index in [1.807, 2.05) is 66.2 Å². The van der Waals surface area contributed by atoms with Gasteiger partial charge >= 0.3 is 5.97 Å². The molecule has 6 rings (SSSR count). The van der Waals surface area contributed by atoms with Gasteiger partial charge in [-0.3, -0.25) is 14.2 Å². The van der Waals surface area contributed by atoms with Crippen molar-refractivity contribution in [3.8, 4) is 11.3 Å². The maximum absolute atomic E-state index is 14.1. The van der Waals surface area contributed by atoms with Gasteiger partial charge < -0.3 is 19.6 Å². The molecule has 0 aliphatic heterocycles. The van der Waals surface area contributed by atoms with Gasteiger partial charge in [-0.05, 0) is 12.5 Å². The number of aryl methyl sites for hydroxylation is 2. The lowest BCUT2D eigenvalue weighted by Gasteiger charge is -2.16. The Bertz CT molecular complexity index is 1940. The first-order valence-corrected chi connectivity index (χ1v) is 13.2. The molecule has 0 saturated heterocycles. The van der Waals surface area contributed by atoms with Crippen molar-refractivity contribution < 1.29 is 14.3 Å². The van der Waals surface area contributed by atoms with E-state index in [0.717, 1.165) is 16.5 Å². The minimum absolute atomic E-state index is 0.0882. The van der Waals surface area contributed by atoms with Gasteiger partial charge in [0.15, 0.2) is 11.3 Å². The Morgan fingerprint density at radius 2 is 1.85 bits per heavy atom. The number of methoxy groups -OCH3 is 1. The molecule has 41 heavy (non-hydrogen) atoms. The number of fused-ring (bicyclic) bond motifs is 5. The first-order chi connectivity index (χ1) is 20.0. The van der Waals surface area contributed by atoms with Gasteiger partial charge in [0.25, 0.3) is 5.56 Å². The second kappa shape index (κ2) is 10.7. The lowest BCUT2D eigenvalue weighted by atomic mass is 10.1. The van der Waals surface area contributed by atoms with Crippen LogP contribution in [0.3, 0.4) is 0 Å². The van der Waals surface area contributed by atoms with Gasteiger partial charge in [0.2, 0.25) is 5.91 Å². The molecule has 0 radical (unpaired) electrons. The predicted octanol–water partition coefficient (Wildman–Crippen LogP) is 2.61. The van der Waals surface area contributed by atoms with E-state index in [0.29, 0.717) is 34.5 Å². The van der Waals surface area contributed by atoms with Crippen molar-refractivity contribution in [3.05, 3.63) is 83.2 Å². The van der Waals surface area contributed by atoms with Crippen LogP contribution in [0.25, 0.3) is 38.8 Å². The monoisotopic (exact) mass is 552 g/mol. The fourth-order valence-electron chi connectivity index (χ4n) is 5.34. The first-order valence-electron chi connectivity index (χ1n) is 13.2. The minimum atomic E-state index is -0.863.